The second-order valence-electron chi connectivity index (χ2n) is 8.29. The van der Waals surface area contributed by atoms with Gasteiger partial charge in [-0.05, 0) is 62.6 Å². The molecule has 0 radical (unpaired) electrons. The Balaban J connectivity index is 1.51. The van der Waals surface area contributed by atoms with Crippen LogP contribution in [0.4, 0.5) is 0 Å². The summed E-state index contributed by atoms with van der Waals surface area (Å²) >= 11 is 6.22. The van der Waals surface area contributed by atoms with Gasteiger partial charge < -0.3 is 19.9 Å². The Kier molecular flexibility index (Phi) is 7.81. The maximum absolute atomic E-state index is 12.5. The maximum atomic E-state index is 12.5. The van der Waals surface area contributed by atoms with E-state index in [4.69, 9.17) is 21.1 Å². The van der Waals surface area contributed by atoms with E-state index < -0.39 is 5.60 Å². The first-order valence-corrected chi connectivity index (χ1v) is 10.9. The third kappa shape index (κ3) is 6.35. The van der Waals surface area contributed by atoms with Gasteiger partial charge in [-0.3, -0.25) is 9.69 Å². The third-order valence-electron chi connectivity index (χ3n) is 5.59. The Bertz CT molecular complexity index is 897. The van der Waals surface area contributed by atoms with Gasteiger partial charge in [-0.1, -0.05) is 29.8 Å². The van der Waals surface area contributed by atoms with E-state index in [0.29, 0.717) is 25.3 Å². The molecule has 2 aromatic carbocycles. The highest BCUT2D eigenvalue weighted by atomic mass is 35.5. The third-order valence-corrected chi connectivity index (χ3v) is 6.18. The normalized spacial score (nSPS) is 19.1. The molecule has 7 heteroatoms. The summed E-state index contributed by atoms with van der Waals surface area (Å²) in [6.07, 6.45) is 1.44. The summed E-state index contributed by atoms with van der Waals surface area (Å²) in [6, 6.07) is 11.4. The topological polar surface area (TPSA) is 71.0 Å². The largest absolute Gasteiger partial charge is 0.496 e. The molecule has 0 saturated carbocycles. The minimum Gasteiger partial charge on any atom is -0.496 e. The zero-order chi connectivity index (χ0) is 22.4. The number of nitrogens with zero attached hydrogens (tertiary/aromatic N) is 1. The van der Waals surface area contributed by atoms with E-state index in [2.05, 4.69) is 5.32 Å². The van der Waals surface area contributed by atoms with Crippen molar-refractivity contribution in [1.82, 2.24) is 10.2 Å². The number of para-hydroxylation sites is 1. The number of amides is 1. The minimum absolute atomic E-state index is 0.0833. The van der Waals surface area contributed by atoms with Crippen molar-refractivity contribution in [3.63, 3.8) is 0 Å². The Hall–Kier alpha value is -2.28. The number of carbonyl (C=O) groups excluding carboxylic acids is 1. The smallest absolute Gasteiger partial charge is 0.234 e. The lowest BCUT2D eigenvalue weighted by atomic mass is 9.93. The summed E-state index contributed by atoms with van der Waals surface area (Å²) in [5, 5.41) is 14.7. The Morgan fingerprint density at radius 1 is 1.26 bits per heavy atom. The first kappa shape index (κ1) is 23.4. The molecule has 0 unspecified atom stereocenters. The van der Waals surface area contributed by atoms with Crippen LogP contribution in [-0.4, -0.2) is 54.9 Å². The van der Waals surface area contributed by atoms with Gasteiger partial charge in [0.15, 0.2) is 0 Å². The van der Waals surface area contributed by atoms with Crippen LogP contribution in [-0.2, 0) is 11.3 Å². The Morgan fingerprint density at radius 3 is 2.68 bits per heavy atom. The summed E-state index contributed by atoms with van der Waals surface area (Å²) in [5.74, 6) is 1.36. The first-order valence-electron chi connectivity index (χ1n) is 10.5. The fourth-order valence-electron chi connectivity index (χ4n) is 3.97. The number of aryl methyl sites for hydroxylation is 2. The van der Waals surface area contributed by atoms with Crippen molar-refractivity contribution in [2.45, 2.75) is 38.8 Å². The number of β-amino-alcohol motifs (C(OH)–C–C–N with tert-alkyl or cyclic N) is 1. The molecule has 168 valence electrons. The number of aliphatic hydroxyl groups is 1. The number of hydrogen-bond acceptors (Lipinski definition) is 5. The van der Waals surface area contributed by atoms with Gasteiger partial charge in [0.25, 0.3) is 0 Å². The molecule has 31 heavy (non-hydrogen) atoms. The van der Waals surface area contributed by atoms with Gasteiger partial charge in [0, 0.05) is 23.7 Å². The predicted molar refractivity (Wildman–Crippen MR) is 122 cm³/mol. The number of ether oxygens (including phenoxy) is 2. The van der Waals surface area contributed by atoms with E-state index in [0.717, 1.165) is 40.4 Å². The number of methoxy groups -OCH3 is 1. The number of rotatable bonds is 8. The van der Waals surface area contributed by atoms with Crippen molar-refractivity contribution in [1.29, 1.82) is 0 Å². The van der Waals surface area contributed by atoms with Gasteiger partial charge in [0.1, 0.15) is 23.7 Å². The maximum Gasteiger partial charge on any atom is 0.234 e. The number of benzene rings is 2. The molecule has 2 N–H and O–H groups in total. The SMILES string of the molecule is COc1ccccc1CNC(=O)CN1CCC[C@](O)(COc2cc(C)c(Cl)c(C)c2)C1. The Morgan fingerprint density at radius 2 is 1.97 bits per heavy atom. The molecule has 6 nitrogen and oxygen atoms in total. The summed E-state index contributed by atoms with van der Waals surface area (Å²) in [4.78, 5) is 14.4. The molecule has 0 aromatic heterocycles. The summed E-state index contributed by atoms with van der Waals surface area (Å²) in [5.41, 5.74) is 1.82. The fourth-order valence-corrected chi connectivity index (χ4v) is 4.08. The van der Waals surface area contributed by atoms with Crippen molar-refractivity contribution >= 4 is 17.5 Å². The Labute approximate surface area is 189 Å². The van der Waals surface area contributed by atoms with Crippen LogP contribution in [0.2, 0.25) is 5.02 Å². The van der Waals surface area contributed by atoms with Gasteiger partial charge >= 0.3 is 0 Å². The van der Waals surface area contributed by atoms with E-state index in [9.17, 15) is 9.90 Å². The number of carbonyl (C=O) groups is 1. The summed E-state index contributed by atoms with van der Waals surface area (Å²) in [6.45, 7) is 5.83. The predicted octanol–water partition coefficient (Wildman–Crippen LogP) is 3.49. The molecule has 1 aliphatic rings. The highest BCUT2D eigenvalue weighted by molar-refractivity contribution is 6.32. The van der Waals surface area contributed by atoms with E-state index in [-0.39, 0.29) is 19.1 Å². The average molecular weight is 447 g/mol. The van der Waals surface area contributed by atoms with E-state index in [1.165, 1.54) is 0 Å². The van der Waals surface area contributed by atoms with Crippen molar-refractivity contribution in [2.75, 3.05) is 33.4 Å². The van der Waals surface area contributed by atoms with Crippen LogP contribution in [0.5, 0.6) is 11.5 Å². The fraction of sp³-hybridized carbons (Fsp3) is 0.458. The van der Waals surface area contributed by atoms with Crippen molar-refractivity contribution in [3.05, 3.63) is 58.1 Å². The first-order chi connectivity index (χ1) is 14.8. The standard InChI is InChI=1S/C24H31ClN2O4/c1-17-11-20(12-18(2)23(17)25)31-16-24(29)9-6-10-27(15-24)14-22(28)26-13-19-7-4-5-8-21(19)30-3/h4-5,7-8,11-12,29H,6,9-10,13-16H2,1-3H3,(H,26,28)/t24-/m1/s1. The molecule has 1 saturated heterocycles. The van der Waals surface area contributed by atoms with Crippen LogP contribution in [0.3, 0.4) is 0 Å². The van der Waals surface area contributed by atoms with Gasteiger partial charge in [-0.2, -0.15) is 0 Å². The van der Waals surface area contributed by atoms with Gasteiger partial charge in [0.05, 0.1) is 13.7 Å². The van der Waals surface area contributed by atoms with Crippen LogP contribution in [0, 0.1) is 13.8 Å². The quantitative estimate of drug-likeness (QED) is 0.649. The number of hydrogen-bond donors (Lipinski definition) is 2. The molecule has 1 aliphatic heterocycles. The zero-order valence-corrected chi connectivity index (χ0v) is 19.2. The number of likely N-dealkylation sites (tertiary alicyclic amines) is 1. The van der Waals surface area contributed by atoms with Gasteiger partial charge in [-0.15, -0.1) is 0 Å². The lowest BCUT2D eigenvalue weighted by Crippen LogP contribution is -2.53. The second kappa shape index (κ2) is 10.4. The molecule has 2 aromatic rings. The average Bonchev–Trinajstić information content (AvgIpc) is 2.75. The molecule has 0 bridgehead atoms. The van der Waals surface area contributed by atoms with Crippen LogP contribution >= 0.6 is 11.6 Å². The van der Waals surface area contributed by atoms with Gasteiger partial charge in [0.2, 0.25) is 5.91 Å². The number of halogens is 1. The van der Waals surface area contributed by atoms with Crippen LogP contribution in [0.15, 0.2) is 36.4 Å². The van der Waals surface area contributed by atoms with Crippen LogP contribution in [0.25, 0.3) is 0 Å². The highest BCUT2D eigenvalue weighted by Gasteiger charge is 2.34. The van der Waals surface area contributed by atoms with Crippen LogP contribution in [0.1, 0.15) is 29.5 Å². The zero-order valence-electron chi connectivity index (χ0n) is 18.4. The van der Waals surface area contributed by atoms with E-state index in [1.54, 1.807) is 7.11 Å². The number of piperidine rings is 1. The minimum atomic E-state index is -0.997. The number of nitrogens with one attached hydrogen (secondary N) is 1. The molecule has 3 rings (SSSR count). The molecular formula is C24H31ClN2O4. The van der Waals surface area contributed by atoms with Crippen molar-refractivity contribution in [3.8, 4) is 11.5 Å². The lowest BCUT2D eigenvalue weighted by molar-refractivity contribution is -0.124. The lowest BCUT2D eigenvalue weighted by Gasteiger charge is -2.38. The summed E-state index contributed by atoms with van der Waals surface area (Å²) < 4.78 is 11.2. The molecule has 0 aliphatic carbocycles. The molecular weight excluding hydrogens is 416 g/mol. The molecule has 1 heterocycles. The van der Waals surface area contributed by atoms with E-state index >= 15 is 0 Å². The monoisotopic (exact) mass is 446 g/mol. The van der Waals surface area contributed by atoms with Crippen molar-refractivity contribution in [2.24, 2.45) is 0 Å². The van der Waals surface area contributed by atoms with Crippen LogP contribution < -0.4 is 14.8 Å². The second-order valence-corrected chi connectivity index (χ2v) is 8.66. The molecule has 1 amide bonds. The van der Waals surface area contributed by atoms with Gasteiger partial charge in [-0.25, -0.2) is 0 Å². The van der Waals surface area contributed by atoms with Crippen molar-refractivity contribution < 1.29 is 19.4 Å². The molecule has 0 spiro atoms. The molecule has 1 fully saturated rings. The van der Waals surface area contributed by atoms with E-state index in [1.807, 2.05) is 55.1 Å². The summed E-state index contributed by atoms with van der Waals surface area (Å²) in [7, 11) is 1.62. The highest BCUT2D eigenvalue weighted by Crippen LogP contribution is 2.28. The molecule has 1 atom stereocenters.